The van der Waals surface area contributed by atoms with Crippen molar-refractivity contribution in [2.75, 3.05) is 9.80 Å². The van der Waals surface area contributed by atoms with Crippen molar-refractivity contribution in [2.45, 2.75) is 205 Å². The molecule has 0 bridgehead atoms. The van der Waals surface area contributed by atoms with Gasteiger partial charge in [-0.3, -0.25) is 0 Å². The summed E-state index contributed by atoms with van der Waals surface area (Å²) in [6, 6.07) is 32.6. The number of nitrogens with zero attached hydrogens (tertiary/aromatic N) is 2. The molecule has 0 saturated heterocycles. The van der Waals surface area contributed by atoms with E-state index in [0.717, 1.165) is 11.2 Å². The molecule has 0 atom stereocenters. The summed E-state index contributed by atoms with van der Waals surface area (Å²) < 4.78 is 7.70. The van der Waals surface area contributed by atoms with Gasteiger partial charge in [-0.1, -0.05) is 135 Å². The average molecular weight is 901 g/mol. The van der Waals surface area contributed by atoms with Gasteiger partial charge in [0.2, 0.25) is 0 Å². The third-order valence-electron chi connectivity index (χ3n) is 19.7. The Kier molecular flexibility index (Phi) is 8.89. The van der Waals surface area contributed by atoms with Crippen molar-refractivity contribution in [2.24, 2.45) is 0 Å². The Bertz CT molecular complexity index is 3160. The molecule has 0 N–H and O–H groups in total. The standard InChI is InChI=1S/C64H77BN2O/c1-57(2)24-26-59(5,6)43-32-38(20-22-41(43)57)66-50-18-17-19-51-54(50)65(49-35-46-47(36-52(49)66)63(13,14)30-29-62(46,11)12)56-55(40-34-45-48(37-53(40)68-56)64(15,16)31-28-61(45,9)10)67(51)39-21-23-42-44(33-39)60(7,8)27-25-58(42,3)4/h17-23,32-37H,24-31H2,1-16H3. The molecule has 0 radical (unpaired) electrons. The molecule has 0 unspecified atom stereocenters. The van der Waals surface area contributed by atoms with E-state index in [1.807, 2.05) is 0 Å². The van der Waals surface area contributed by atoms with Crippen LogP contribution in [0, 0.1) is 0 Å². The smallest absolute Gasteiger partial charge is 0.297 e. The first-order valence-electron chi connectivity index (χ1n) is 26.5. The van der Waals surface area contributed by atoms with Crippen LogP contribution in [-0.2, 0) is 43.3 Å². The van der Waals surface area contributed by atoms with Gasteiger partial charge in [0, 0.05) is 33.8 Å². The molecule has 3 heterocycles. The van der Waals surface area contributed by atoms with Crippen molar-refractivity contribution in [1.82, 2.24) is 0 Å². The number of hydrogen-bond donors (Lipinski definition) is 0. The number of furan rings is 1. The van der Waals surface area contributed by atoms with Crippen LogP contribution in [0.3, 0.4) is 0 Å². The van der Waals surface area contributed by atoms with Gasteiger partial charge in [-0.05, 0) is 205 Å². The maximum Gasteiger partial charge on any atom is 0.297 e. The second-order valence-electron chi connectivity index (χ2n) is 28.0. The van der Waals surface area contributed by atoms with E-state index in [4.69, 9.17) is 4.42 Å². The zero-order valence-corrected chi connectivity index (χ0v) is 44.5. The van der Waals surface area contributed by atoms with Gasteiger partial charge in [0.15, 0.2) is 0 Å². The molecular weight excluding hydrogens is 824 g/mol. The Labute approximate surface area is 409 Å². The van der Waals surface area contributed by atoms with Crippen LogP contribution in [0.2, 0.25) is 0 Å². The Morgan fingerprint density at radius 1 is 0.382 bits per heavy atom. The lowest BCUT2D eigenvalue weighted by Crippen LogP contribution is -2.61. The molecule has 68 heavy (non-hydrogen) atoms. The maximum atomic E-state index is 7.70. The van der Waals surface area contributed by atoms with Gasteiger partial charge in [-0.15, -0.1) is 0 Å². The molecule has 2 aliphatic heterocycles. The minimum absolute atomic E-state index is 0.0449. The SMILES string of the molecule is CC1(C)CCC(C)(C)c2cc(N3c4cc5c(cc4B4c6oc7cc8c(cc7c6N(c6ccc7c(c6)C(C)(C)CCC7(C)C)c6cccc3c64)C(C)(C)CCC8(C)C)C(C)(C)CCC5(C)C)ccc21. The normalized spacial score (nSPS) is 23.1. The first-order chi connectivity index (χ1) is 31.6. The largest absolute Gasteiger partial charge is 0.468 e. The molecule has 6 aromatic rings. The second kappa shape index (κ2) is 13.6. The molecule has 6 aliphatic rings. The summed E-state index contributed by atoms with van der Waals surface area (Å²) in [4.78, 5) is 5.32. The number of anilines is 6. The van der Waals surface area contributed by atoms with Gasteiger partial charge >= 0.3 is 0 Å². The minimum Gasteiger partial charge on any atom is -0.468 e. The molecule has 5 aromatic carbocycles. The topological polar surface area (TPSA) is 19.6 Å². The fourth-order valence-corrected chi connectivity index (χ4v) is 14.5. The predicted octanol–water partition coefficient (Wildman–Crippen LogP) is 15.9. The quantitative estimate of drug-likeness (QED) is 0.161. The molecule has 3 nitrogen and oxygen atoms in total. The summed E-state index contributed by atoms with van der Waals surface area (Å²) >= 11 is 0. The summed E-state index contributed by atoms with van der Waals surface area (Å²) in [5.41, 5.74) is 24.9. The highest BCUT2D eigenvalue weighted by molar-refractivity contribution is 7.00. The zero-order chi connectivity index (χ0) is 48.3. The van der Waals surface area contributed by atoms with E-state index in [1.165, 1.54) is 146 Å². The molecule has 0 saturated carbocycles. The third kappa shape index (κ3) is 6.09. The van der Waals surface area contributed by atoms with E-state index in [2.05, 4.69) is 199 Å². The van der Waals surface area contributed by atoms with E-state index < -0.39 is 0 Å². The zero-order valence-electron chi connectivity index (χ0n) is 44.5. The molecular formula is C64H77BN2O. The van der Waals surface area contributed by atoms with Crippen LogP contribution in [0.4, 0.5) is 34.1 Å². The monoisotopic (exact) mass is 901 g/mol. The Hall–Kier alpha value is -4.70. The first kappa shape index (κ1) is 44.5. The van der Waals surface area contributed by atoms with Crippen molar-refractivity contribution in [3.8, 4) is 0 Å². The van der Waals surface area contributed by atoms with Gasteiger partial charge in [-0.25, -0.2) is 0 Å². The summed E-state index contributed by atoms with van der Waals surface area (Å²) in [5, 5.41) is 1.24. The lowest BCUT2D eigenvalue weighted by atomic mass is 9.35. The Balaban J connectivity index is 1.20. The van der Waals surface area contributed by atoms with Gasteiger partial charge < -0.3 is 14.2 Å². The van der Waals surface area contributed by atoms with Gasteiger partial charge in [0.25, 0.3) is 6.71 Å². The predicted molar refractivity (Wildman–Crippen MR) is 291 cm³/mol. The summed E-state index contributed by atoms with van der Waals surface area (Å²) in [6.07, 6.45) is 9.44. The fraction of sp³-hybridized carbons (Fsp3) is 0.500. The van der Waals surface area contributed by atoms with Crippen LogP contribution in [0.5, 0.6) is 0 Å². The van der Waals surface area contributed by atoms with Gasteiger partial charge in [0.1, 0.15) is 5.58 Å². The number of hydrogen-bond acceptors (Lipinski definition) is 3. The van der Waals surface area contributed by atoms with Crippen molar-refractivity contribution in [1.29, 1.82) is 0 Å². The van der Waals surface area contributed by atoms with Gasteiger partial charge in [-0.2, -0.15) is 0 Å². The molecule has 4 aliphatic carbocycles. The van der Waals surface area contributed by atoms with Crippen molar-refractivity contribution in [3.63, 3.8) is 0 Å². The molecule has 352 valence electrons. The van der Waals surface area contributed by atoms with Crippen LogP contribution in [0.25, 0.3) is 11.0 Å². The van der Waals surface area contributed by atoms with E-state index in [0.29, 0.717) is 0 Å². The van der Waals surface area contributed by atoms with Crippen LogP contribution >= 0.6 is 0 Å². The fourth-order valence-electron chi connectivity index (χ4n) is 14.5. The highest BCUT2D eigenvalue weighted by atomic mass is 16.3. The van der Waals surface area contributed by atoms with Crippen LogP contribution in [0.15, 0.2) is 83.3 Å². The van der Waals surface area contributed by atoms with E-state index in [1.54, 1.807) is 0 Å². The minimum atomic E-state index is -0.0868. The van der Waals surface area contributed by atoms with Crippen LogP contribution in [0.1, 0.15) is 207 Å². The van der Waals surface area contributed by atoms with E-state index in [9.17, 15) is 0 Å². The van der Waals surface area contributed by atoms with Crippen LogP contribution < -0.4 is 26.4 Å². The average Bonchev–Trinajstić information content (AvgIpc) is 3.65. The van der Waals surface area contributed by atoms with Crippen molar-refractivity contribution < 1.29 is 4.42 Å². The highest BCUT2D eigenvalue weighted by Gasteiger charge is 2.50. The molecule has 0 fully saturated rings. The Morgan fingerprint density at radius 3 is 1.25 bits per heavy atom. The first-order valence-corrected chi connectivity index (χ1v) is 26.5. The summed E-state index contributed by atoms with van der Waals surface area (Å²) in [6.45, 7) is 39.4. The molecule has 0 amide bonds. The van der Waals surface area contributed by atoms with Crippen molar-refractivity contribution in [3.05, 3.63) is 123 Å². The lowest BCUT2D eigenvalue weighted by molar-refractivity contribution is 0.332. The number of rotatable bonds is 2. The number of fused-ring (bicyclic) bond motifs is 10. The molecule has 12 rings (SSSR count). The van der Waals surface area contributed by atoms with Crippen molar-refractivity contribution >= 4 is 68.4 Å². The third-order valence-corrected chi connectivity index (χ3v) is 19.7. The van der Waals surface area contributed by atoms with Crippen LogP contribution in [-0.4, -0.2) is 6.71 Å². The summed E-state index contributed by atoms with van der Waals surface area (Å²) in [7, 11) is 0. The van der Waals surface area contributed by atoms with E-state index >= 15 is 0 Å². The van der Waals surface area contributed by atoms with E-state index in [-0.39, 0.29) is 50.0 Å². The van der Waals surface area contributed by atoms with Gasteiger partial charge in [0.05, 0.1) is 11.3 Å². The lowest BCUT2D eigenvalue weighted by Gasteiger charge is -2.47. The second-order valence-corrected chi connectivity index (χ2v) is 28.0. The molecule has 0 spiro atoms. The maximum absolute atomic E-state index is 7.70. The molecule has 4 heteroatoms. The molecule has 1 aromatic heterocycles. The highest BCUT2D eigenvalue weighted by Crippen LogP contribution is 2.56. The Morgan fingerprint density at radius 2 is 0.765 bits per heavy atom. The summed E-state index contributed by atoms with van der Waals surface area (Å²) in [5.74, 6) is 0. The number of benzene rings is 5.